The van der Waals surface area contributed by atoms with Crippen LogP contribution in [0.1, 0.15) is 51.8 Å². The molecule has 0 radical (unpaired) electrons. The number of hydrogen-bond donors (Lipinski definition) is 1. The minimum Gasteiger partial charge on any atom is -0.444 e. The van der Waals surface area contributed by atoms with Crippen LogP contribution in [-0.4, -0.2) is 34.7 Å². The maximum Gasteiger partial charge on any atom is 0.410 e. The normalized spacial score (nSPS) is 25.6. The van der Waals surface area contributed by atoms with Gasteiger partial charge in [-0.1, -0.05) is 31.5 Å². The zero-order chi connectivity index (χ0) is 19.2. The van der Waals surface area contributed by atoms with Gasteiger partial charge in [0.25, 0.3) is 0 Å². The number of aromatic nitrogens is 1. The molecule has 27 heavy (non-hydrogen) atoms. The van der Waals surface area contributed by atoms with Crippen molar-refractivity contribution >= 4 is 17.0 Å². The number of carbonyl (C=O) groups excluding carboxylic acids is 1. The van der Waals surface area contributed by atoms with Gasteiger partial charge < -0.3 is 14.6 Å². The van der Waals surface area contributed by atoms with E-state index in [4.69, 9.17) is 4.74 Å². The summed E-state index contributed by atoms with van der Waals surface area (Å²) in [7, 11) is 0. The monoisotopic (exact) mass is 368 g/mol. The van der Waals surface area contributed by atoms with E-state index >= 15 is 0 Å². The van der Waals surface area contributed by atoms with Gasteiger partial charge in [-0.3, -0.25) is 0 Å². The van der Waals surface area contributed by atoms with E-state index in [0.29, 0.717) is 17.8 Å². The summed E-state index contributed by atoms with van der Waals surface area (Å²) < 4.78 is 5.69. The first-order chi connectivity index (χ1) is 12.9. The third-order valence-electron chi connectivity index (χ3n) is 6.39. The zero-order valence-corrected chi connectivity index (χ0v) is 17.0. The number of likely N-dealkylation sites (tertiary alicyclic amines) is 1. The molecule has 0 spiro atoms. The van der Waals surface area contributed by atoms with Crippen LogP contribution in [0.25, 0.3) is 10.9 Å². The number of ether oxygens (including phenoxy) is 1. The van der Waals surface area contributed by atoms with E-state index in [-0.39, 0.29) is 6.09 Å². The molecule has 4 heteroatoms. The van der Waals surface area contributed by atoms with Gasteiger partial charge in [-0.25, -0.2) is 4.79 Å². The fourth-order valence-corrected chi connectivity index (χ4v) is 5.17. The molecule has 1 N–H and O–H groups in total. The van der Waals surface area contributed by atoms with Gasteiger partial charge in [0.05, 0.1) is 0 Å². The number of piperidine rings is 1. The molecule has 1 fully saturated rings. The summed E-state index contributed by atoms with van der Waals surface area (Å²) >= 11 is 0. The Morgan fingerprint density at radius 2 is 2.04 bits per heavy atom. The van der Waals surface area contributed by atoms with Crippen LogP contribution in [0.15, 0.2) is 24.3 Å². The minimum absolute atomic E-state index is 0.150. The maximum absolute atomic E-state index is 12.7. The molecule has 146 valence electrons. The van der Waals surface area contributed by atoms with Crippen LogP contribution < -0.4 is 0 Å². The molecule has 1 amide bonds. The predicted molar refractivity (Wildman–Crippen MR) is 109 cm³/mol. The van der Waals surface area contributed by atoms with Crippen molar-refractivity contribution in [2.24, 2.45) is 17.8 Å². The largest absolute Gasteiger partial charge is 0.444 e. The highest BCUT2D eigenvalue weighted by Gasteiger charge is 2.40. The van der Waals surface area contributed by atoms with Crippen molar-refractivity contribution in [3.63, 3.8) is 0 Å². The third kappa shape index (κ3) is 3.59. The predicted octanol–water partition coefficient (Wildman–Crippen LogP) is 5.17. The second-order valence-electron chi connectivity index (χ2n) is 9.35. The first-order valence-electron chi connectivity index (χ1n) is 10.4. The number of carbonyl (C=O) groups is 1. The fourth-order valence-electron chi connectivity index (χ4n) is 5.17. The second-order valence-corrected chi connectivity index (χ2v) is 9.35. The summed E-state index contributed by atoms with van der Waals surface area (Å²) in [4.78, 5) is 18.4. The molecule has 2 heterocycles. The van der Waals surface area contributed by atoms with Gasteiger partial charge in [0, 0.05) is 29.7 Å². The number of aryl methyl sites for hydroxylation is 1. The number of para-hydroxylation sites is 1. The second kappa shape index (κ2) is 6.88. The minimum atomic E-state index is -0.441. The van der Waals surface area contributed by atoms with Gasteiger partial charge in [0.2, 0.25) is 0 Å². The number of hydrogen-bond acceptors (Lipinski definition) is 2. The molecular formula is C23H32N2O2. The number of benzene rings is 1. The number of nitrogens with zero attached hydrogens (tertiary/aromatic N) is 1. The molecule has 0 bridgehead atoms. The van der Waals surface area contributed by atoms with E-state index in [9.17, 15) is 4.79 Å². The molecule has 4 rings (SSSR count). The molecule has 1 saturated heterocycles. The average Bonchev–Trinajstić information content (AvgIpc) is 2.85. The van der Waals surface area contributed by atoms with Crippen molar-refractivity contribution in [1.82, 2.24) is 9.88 Å². The average molecular weight is 369 g/mol. The first kappa shape index (κ1) is 18.4. The lowest BCUT2D eigenvalue weighted by molar-refractivity contribution is -0.00398. The van der Waals surface area contributed by atoms with E-state index in [1.54, 1.807) is 0 Å². The van der Waals surface area contributed by atoms with Crippen LogP contribution in [0.4, 0.5) is 4.79 Å². The summed E-state index contributed by atoms with van der Waals surface area (Å²) in [5, 5.41) is 1.36. The Morgan fingerprint density at radius 3 is 2.78 bits per heavy atom. The molecule has 4 nitrogen and oxygen atoms in total. The number of fused-ring (bicyclic) bond motifs is 4. The molecule has 0 saturated carbocycles. The van der Waals surface area contributed by atoms with E-state index in [1.165, 1.54) is 28.6 Å². The Morgan fingerprint density at radius 1 is 1.26 bits per heavy atom. The number of amides is 1. The van der Waals surface area contributed by atoms with Crippen molar-refractivity contribution in [2.75, 3.05) is 13.1 Å². The number of aromatic amines is 1. The highest BCUT2D eigenvalue weighted by atomic mass is 16.6. The molecule has 1 aliphatic carbocycles. The van der Waals surface area contributed by atoms with Crippen molar-refractivity contribution in [2.45, 2.75) is 59.0 Å². The first-order valence-corrected chi connectivity index (χ1v) is 10.4. The number of rotatable bonds is 1. The van der Waals surface area contributed by atoms with Gasteiger partial charge in [0.15, 0.2) is 0 Å². The molecule has 2 aromatic rings. The van der Waals surface area contributed by atoms with Crippen molar-refractivity contribution in [1.29, 1.82) is 0 Å². The number of nitrogens with one attached hydrogen (secondary N) is 1. The van der Waals surface area contributed by atoms with Gasteiger partial charge in [-0.15, -0.1) is 0 Å². The van der Waals surface area contributed by atoms with E-state index in [2.05, 4.69) is 36.2 Å². The smallest absolute Gasteiger partial charge is 0.410 e. The molecule has 3 atom stereocenters. The highest BCUT2D eigenvalue weighted by Crippen LogP contribution is 2.41. The van der Waals surface area contributed by atoms with Crippen LogP contribution in [0.3, 0.4) is 0 Å². The van der Waals surface area contributed by atoms with E-state index in [1.807, 2.05) is 25.7 Å². The lowest BCUT2D eigenvalue weighted by Crippen LogP contribution is -2.50. The lowest BCUT2D eigenvalue weighted by Gasteiger charge is -2.43. The molecule has 1 aromatic heterocycles. The SMILES string of the molecule is CC[C@H]1CN(C(=O)OC(C)(C)C)C[C@@H]2Cc3c([nH]c4ccccc34)CC[C@@H]12. The van der Waals surface area contributed by atoms with Gasteiger partial charge in [0.1, 0.15) is 5.60 Å². The number of H-pyrrole nitrogens is 1. The Kier molecular flexibility index (Phi) is 4.69. The Bertz CT molecular complexity index is 833. The third-order valence-corrected chi connectivity index (χ3v) is 6.39. The molecule has 1 aliphatic heterocycles. The van der Waals surface area contributed by atoms with Crippen LogP contribution in [0, 0.1) is 17.8 Å². The van der Waals surface area contributed by atoms with Crippen molar-refractivity contribution in [3.05, 3.63) is 35.5 Å². The lowest BCUT2D eigenvalue weighted by atomic mass is 9.73. The van der Waals surface area contributed by atoms with Gasteiger partial charge in [-0.05, 0) is 69.4 Å². The maximum atomic E-state index is 12.7. The summed E-state index contributed by atoms with van der Waals surface area (Å²) in [6.07, 6.45) is 4.36. The Labute approximate surface area is 162 Å². The quantitative estimate of drug-likeness (QED) is 0.755. The molecule has 0 unspecified atom stereocenters. The van der Waals surface area contributed by atoms with Crippen LogP contribution >= 0.6 is 0 Å². The topological polar surface area (TPSA) is 45.3 Å². The Balaban J connectivity index is 1.61. The van der Waals surface area contributed by atoms with Crippen molar-refractivity contribution < 1.29 is 9.53 Å². The molecular weight excluding hydrogens is 336 g/mol. The molecule has 2 aliphatic rings. The summed E-state index contributed by atoms with van der Waals surface area (Å²) in [6.45, 7) is 9.74. The summed E-state index contributed by atoms with van der Waals surface area (Å²) in [5.41, 5.74) is 3.68. The van der Waals surface area contributed by atoms with E-state index in [0.717, 1.165) is 32.4 Å². The summed E-state index contributed by atoms with van der Waals surface area (Å²) in [6, 6.07) is 8.63. The molecule has 1 aromatic carbocycles. The van der Waals surface area contributed by atoms with Gasteiger partial charge >= 0.3 is 6.09 Å². The summed E-state index contributed by atoms with van der Waals surface area (Å²) in [5.74, 6) is 1.76. The van der Waals surface area contributed by atoms with Crippen LogP contribution in [0.5, 0.6) is 0 Å². The standard InChI is InChI=1S/C23H32N2O2/c1-5-15-13-25(22(26)27-23(2,3)4)14-16-12-19-18-8-6-7-9-20(18)24-21(19)11-10-17(15)16/h6-9,15-17,24H,5,10-14H2,1-4H3/t15-,16-,17-/m0/s1. The van der Waals surface area contributed by atoms with E-state index < -0.39 is 5.60 Å². The Hall–Kier alpha value is -1.97. The van der Waals surface area contributed by atoms with Crippen molar-refractivity contribution in [3.8, 4) is 0 Å². The van der Waals surface area contributed by atoms with Crippen LogP contribution in [0.2, 0.25) is 0 Å². The van der Waals surface area contributed by atoms with Crippen LogP contribution in [-0.2, 0) is 17.6 Å². The van der Waals surface area contributed by atoms with Gasteiger partial charge in [-0.2, -0.15) is 0 Å². The zero-order valence-electron chi connectivity index (χ0n) is 17.0. The highest BCUT2D eigenvalue weighted by molar-refractivity contribution is 5.84. The fraction of sp³-hybridized carbons (Fsp3) is 0.609.